The fourth-order valence-electron chi connectivity index (χ4n) is 3.26. The minimum atomic E-state index is -0.548. The molecule has 158 valence electrons. The summed E-state index contributed by atoms with van der Waals surface area (Å²) in [5.41, 5.74) is 7.04. The zero-order valence-electron chi connectivity index (χ0n) is 17.2. The van der Waals surface area contributed by atoms with Gasteiger partial charge in [-0.1, -0.05) is 25.1 Å². The minimum absolute atomic E-state index is 0.140. The molecular weight excluding hydrogens is 400 g/mol. The number of benzene rings is 1. The summed E-state index contributed by atoms with van der Waals surface area (Å²) in [5.74, 6) is -0.101. The third-order valence-corrected chi connectivity index (χ3v) is 4.84. The summed E-state index contributed by atoms with van der Waals surface area (Å²) < 4.78 is 12.1. The highest BCUT2D eigenvalue weighted by Crippen LogP contribution is 2.24. The van der Waals surface area contributed by atoms with E-state index in [0.29, 0.717) is 40.5 Å². The summed E-state index contributed by atoms with van der Waals surface area (Å²) >= 11 is 0. The Morgan fingerprint density at radius 3 is 2.55 bits per heavy atom. The van der Waals surface area contributed by atoms with Crippen LogP contribution in [0.3, 0.4) is 0 Å². The molecule has 0 saturated carbocycles. The van der Waals surface area contributed by atoms with Crippen molar-refractivity contribution in [3.8, 4) is 11.7 Å². The molecule has 0 fully saturated rings. The van der Waals surface area contributed by atoms with E-state index in [2.05, 4.69) is 26.1 Å². The Kier molecular flexibility index (Phi) is 5.35. The Hall–Kier alpha value is -4.21. The van der Waals surface area contributed by atoms with E-state index in [9.17, 15) is 9.59 Å². The molecule has 0 bridgehead atoms. The average Bonchev–Trinajstić information content (AvgIpc) is 3.39. The highest BCUT2D eigenvalue weighted by atomic mass is 16.5. The van der Waals surface area contributed by atoms with Gasteiger partial charge in [-0.15, -0.1) is 10.2 Å². The molecule has 0 spiro atoms. The lowest BCUT2D eigenvalue weighted by molar-refractivity contribution is 0.0831. The van der Waals surface area contributed by atoms with Crippen molar-refractivity contribution in [3.63, 3.8) is 0 Å². The fourth-order valence-corrected chi connectivity index (χ4v) is 3.26. The molecule has 0 radical (unpaired) electrons. The number of hydrogen-bond acceptors (Lipinski definition) is 7. The van der Waals surface area contributed by atoms with Crippen LogP contribution in [0, 0.1) is 6.92 Å². The van der Waals surface area contributed by atoms with E-state index >= 15 is 0 Å². The van der Waals surface area contributed by atoms with Crippen LogP contribution in [-0.2, 0) is 6.42 Å². The van der Waals surface area contributed by atoms with E-state index < -0.39 is 11.8 Å². The summed E-state index contributed by atoms with van der Waals surface area (Å²) in [6.45, 7) is 3.68. The molecule has 0 atom stereocenters. The summed E-state index contributed by atoms with van der Waals surface area (Å²) in [4.78, 5) is 25.2. The number of hydrazine groups is 1. The number of carbonyl (C=O) groups excluding carboxylic acids is 2. The third kappa shape index (κ3) is 3.70. The smallest absolute Gasteiger partial charge is 0.305 e. The number of para-hydroxylation sites is 1. The number of rotatable bonds is 5. The number of carbonyl (C=O) groups is 2. The van der Waals surface area contributed by atoms with Gasteiger partial charge in [-0.3, -0.25) is 20.4 Å². The van der Waals surface area contributed by atoms with Gasteiger partial charge in [-0.2, -0.15) is 5.10 Å². The van der Waals surface area contributed by atoms with Gasteiger partial charge >= 0.3 is 5.91 Å². The van der Waals surface area contributed by atoms with Gasteiger partial charge in [0, 0.05) is 17.0 Å². The molecule has 10 nitrogen and oxygen atoms in total. The average molecular weight is 420 g/mol. The van der Waals surface area contributed by atoms with Crippen LogP contribution < -0.4 is 15.6 Å². The number of nitrogens with one attached hydrogen (secondary N) is 2. The highest BCUT2D eigenvalue weighted by Gasteiger charge is 2.21. The Labute approximate surface area is 177 Å². The molecule has 0 aliphatic rings. The molecule has 3 aromatic heterocycles. The van der Waals surface area contributed by atoms with Crippen molar-refractivity contribution in [2.75, 3.05) is 7.11 Å². The van der Waals surface area contributed by atoms with Crippen molar-refractivity contribution < 1.29 is 18.7 Å². The lowest BCUT2D eigenvalue weighted by Gasteiger charge is -2.08. The molecule has 4 aromatic rings. The first-order valence-corrected chi connectivity index (χ1v) is 9.57. The van der Waals surface area contributed by atoms with Gasteiger partial charge in [0.2, 0.25) is 5.88 Å². The summed E-state index contributed by atoms with van der Waals surface area (Å²) in [6, 6.07) is 10.7. The topological polar surface area (TPSA) is 124 Å². The second-order valence-electron chi connectivity index (χ2n) is 6.66. The van der Waals surface area contributed by atoms with Crippen LogP contribution in [-0.4, -0.2) is 38.9 Å². The van der Waals surface area contributed by atoms with E-state index in [0.717, 1.165) is 5.39 Å². The molecule has 3 heterocycles. The Morgan fingerprint density at radius 2 is 1.87 bits per heavy atom. The fraction of sp³-hybridized carbons (Fsp3) is 0.190. The van der Waals surface area contributed by atoms with E-state index in [-0.39, 0.29) is 5.76 Å². The number of aromatic nitrogens is 4. The molecule has 4 rings (SSSR count). The molecule has 0 unspecified atom stereocenters. The molecule has 10 heteroatoms. The van der Waals surface area contributed by atoms with Gasteiger partial charge in [0.05, 0.1) is 24.6 Å². The third-order valence-electron chi connectivity index (χ3n) is 4.84. The summed E-state index contributed by atoms with van der Waals surface area (Å²) in [5, 5.41) is 13.1. The first-order chi connectivity index (χ1) is 15.0. The molecule has 2 N–H and O–H groups in total. The van der Waals surface area contributed by atoms with Crippen molar-refractivity contribution in [1.82, 2.24) is 30.8 Å². The predicted octanol–water partition coefficient (Wildman–Crippen LogP) is 2.36. The number of nitrogens with zero attached hydrogens (tertiary/aromatic N) is 4. The van der Waals surface area contributed by atoms with Crippen molar-refractivity contribution in [1.29, 1.82) is 0 Å². The molecule has 0 saturated heterocycles. The largest absolute Gasteiger partial charge is 0.480 e. The zero-order valence-corrected chi connectivity index (χ0v) is 17.2. The van der Waals surface area contributed by atoms with Crippen molar-refractivity contribution in [2.45, 2.75) is 20.3 Å². The Morgan fingerprint density at radius 1 is 1.10 bits per heavy atom. The molecule has 31 heavy (non-hydrogen) atoms. The monoisotopic (exact) mass is 420 g/mol. The van der Waals surface area contributed by atoms with E-state index in [1.165, 1.54) is 18.0 Å². The highest BCUT2D eigenvalue weighted by molar-refractivity contribution is 6.01. The maximum absolute atomic E-state index is 12.7. The quantitative estimate of drug-likeness (QED) is 0.475. The van der Waals surface area contributed by atoms with Crippen molar-refractivity contribution in [2.24, 2.45) is 0 Å². The van der Waals surface area contributed by atoms with Gasteiger partial charge < -0.3 is 9.15 Å². The van der Waals surface area contributed by atoms with E-state index in [4.69, 9.17) is 9.15 Å². The van der Waals surface area contributed by atoms with Crippen molar-refractivity contribution >= 4 is 22.8 Å². The predicted molar refractivity (Wildman–Crippen MR) is 111 cm³/mol. The van der Waals surface area contributed by atoms with Gasteiger partial charge in [0.15, 0.2) is 11.6 Å². The van der Waals surface area contributed by atoms with Crippen LogP contribution in [0.25, 0.3) is 16.8 Å². The van der Waals surface area contributed by atoms with Crippen LogP contribution in [0.5, 0.6) is 5.88 Å². The Bertz CT molecular complexity index is 1260. The van der Waals surface area contributed by atoms with Crippen LogP contribution in [0.15, 0.2) is 47.0 Å². The minimum Gasteiger partial charge on any atom is -0.480 e. The van der Waals surface area contributed by atoms with Gasteiger partial charge in [0.1, 0.15) is 5.58 Å². The number of ether oxygens (including phenoxy) is 1. The Balaban J connectivity index is 1.51. The van der Waals surface area contributed by atoms with Gasteiger partial charge in [-0.05, 0) is 25.5 Å². The number of methoxy groups -OCH3 is 1. The lowest BCUT2D eigenvalue weighted by Crippen LogP contribution is -2.42. The maximum atomic E-state index is 12.7. The van der Waals surface area contributed by atoms with E-state index in [1.54, 1.807) is 25.1 Å². The second-order valence-corrected chi connectivity index (χ2v) is 6.66. The van der Waals surface area contributed by atoms with Crippen molar-refractivity contribution in [3.05, 3.63) is 65.2 Å². The normalized spacial score (nSPS) is 10.8. The van der Waals surface area contributed by atoms with Crippen LogP contribution in [0.2, 0.25) is 0 Å². The number of aryl methyl sites for hydroxylation is 1. The maximum Gasteiger partial charge on any atom is 0.305 e. The number of fused-ring (bicyclic) bond motifs is 1. The second kappa shape index (κ2) is 8.27. The number of amides is 2. The molecule has 2 amide bonds. The zero-order chi connectivity index (χ0) is 22.0. The molecule has 1 aromatic carbocycles. The van der Waals surface area contributed by atoms with Crippen LogP contribution >= 0.6 is 0 Å². The first kappa shape index (κ1) is 20.1. The molecular formula is C21H20N6O4. The van der Waals surface area contributed by atoms with Gasteiger partial charge in [0.25, 0.3) is 5.91 Å². The van der Waals surface area contributed by atoms with Crippen LogP contribution in [0.1, 0.15) is 39.1 Å². The SMILES string of the molecule is CCc1c(C(=O)NNC(=O)c2oc3ccccc3c2C)cnn1-c1ccc(OC)nn1. The van der Waals surface area contributed by atoms with Gasteiger partial charge in [-0.25, -0.2) is 4.68 Å². The summed E-state index contributed by atoms with van der Waals surface area (Å²) in [7, 11) is 1.50. The van der Waals surface area contributed by atoms with E-state index in [1.807, 2.05) is 25.1 Å². The lowest BCUT2D eigenvalue weighted by atomic mass is 10.1. The standard InChI is InChI=1S/C21H20N6O4/c1-4-15-14(11-22-27(15)17-9-10-18(30-3)24-23-17)20(28)25-26-21(29)19-12(2)13-7-5-6-8-16(13)31-19/h5-11H,4H2,1-3H3,(H,25,28)(H,26,29). The molecule has 0 aliphatic heterocycles. The number of furan rings is 1. The van der Waals surface area contributed by atoms with Crippen LogP contribution in [0.4, 0.5) is 0 Å². The summed E-state index contributed by atoms with van der Waals surface area (Å²) in [6.07, 6.45) is 1.92. The molecule has 0 aliphatic carbocycles. The number of hydrogen-bond donors (Lipinski definition) is 2. The first-order valence-electron chi connectivity index (χ1n) is 9.57.